The van der Waals surface area contributed by atoms with Gasteiger partial charge in [0.15, 0.2) is 0 Å². The number of hydrogen-bond donors (Lipinski definition) is 1. The monoisotopic (exact) mass is 459 g/mol. The van der Waals surface area contributed by atoms with Crippen LogP contribution >= 0.6 is 23.2 Å². The van der Waals surface area contributed by atoms with Crippen LogP contribution in [0.15, 0.2) is 51.1 Å². The van der Waals surface area contributed by atoms with Crippen molar-refractivity contribution in [3.63, 3.8) is 0 Å². The minimum atomic E-state index is -4.26. The highest BCUT2D eigenvalue weighted by atomic mass is 35.5. The Labute approximate surface area is 173 Å². The highest BCUT2D eigenvalue weighted by molar-refractivity contribution is 7.93. The molecule has 0 bridgehead atoms. The molecule has 1 fully saturated rings. The first-order valence-corrected chi connectivity index (χ1v) is 11.8. The zero-order valence-electron chi connectivity index (χ0n) is 14.4. The first-order chi connectivity index (χ1) is 13.2. The van der Waals surface area contributed by atoms with Crippen LogP contribution in [0, 0.1) is 11.3 Å². The van der Waals surface area contributed by atoms with Crippen LogP contribution < -0.4 is 5.32 Å². The van der Waals surface area contributed by atoms with E-state index in [0.29, 0.717) is 13.1 Å². The average molecular weight is 460 g/mol. The van der Waals surface area contributed by atoms with E-state index in [4.69, 9.17) is 28.5 Å². The summed E-state index contributed by atoms with van der Waals surface area (Å²) in [6, 6.07) is 9.08. The van der Waals surface area contributed by atoms with Gasteiger partial charge in [0.2, 0.25) is 19.9 Å². The van der Waals surface area contributed by atoms with Gasteiger partial charge in [0.1, 0.15) is 4.90 Å². The van der Waals surface area contributed by atoms with Gasteiger partial charge in [-0.05, 0) is 36.4 Å². The van der Waals surface area contributed by atoms with Crippen LogP contribution in [-0.4, -0.2) is 47.3 Å². The van der Waals surface area contributed by atoms with Crippen LogP contribution in [0.4, 0.5) is 0 Å². The molecule has 0 unspecified atom stereocenters. The molecule has 1 heterocycles. The number of piperazine rings is 1. The van der Waals surface area contributed by atoms with E-state index >= 15 is 0 Å². The van der Waals surface area contributed by atoms with Crippen molar-refractivity contribution in [3.05, 3.63) is 52.0 Å². The standard InChI is InChI=1S/C17H15Cl2N3O4S2/c18-13-8-14(19)10-15(9-13)27(23,24)16-2-1-12(11-20)7-17(16)28(25,26)22-5-3-21-4-6-22/h1-2,7-10,21H,3-6H2. The molecule has 0 atom stereocenters. The van der Waals surface area contributed by atoms with E-state index in [1.165, 1.54) is 28.6 Å². The molecule has 0 spiro atoms. The summed E-state index contributed by atoms with van der Waals surface area (Å²) in [6.07, 6.45) is 0. The third-order valence-corrected chi connectivity index (χ3v) is 8.50. The van der Waals surface area contributed by atoms with E-state index in [-0.39, 0.29) is 33.6 Å². The number of nitrogens with one attached hydrogen (secondary N) is 1. The maximum atomic E-state index is 13.2. The number of hydrogen-bond acceptors (Lipinski definition) is 6. The molecule has 0 aliphatic carbocycles. The predicted octanol–water partition coefficient (Wildman–Crippen LogP) is 2.29. The van der Waals surface area contributed by atoms with Crippen molar-refractivity contribution in [1.29, 1.82) is 5.26 Å². The number of sulfone groups is 1. The summed E-state index contributed by atoms with van der Waals surface area (Å²) in [5, 5.41) is 12.4. The van der Waals surface area contributed by atoms with E-state index in [1.54, 1.807) is 0 Å². The number of nitrogens with zero attached hydrogens (tertiary/aromatic N) is 2. The molecule has 28 heavy (non-hydrogen) atoms. The van der Waals surface area contributed by atoms with Gasteiger partial charge in [-0.3, -0.25) is 0 Å². The van der Waals surface area contributed by atoms with Crippen LogP contribution in [0.5, 0.6) is 0 Å². The molecular weight excluding hydrogens is 445 g/mol. The molecule has 1 aliphatic rings. The Balaban J connectivity index is 2.23. The summed E-state index contributed by atoms with van der Waals surface area (Å²) < 4.78 is 53.9. The summed E-state index contributed by atoms with van der Waals surface area (Å²) in [4.78, 5) is -1.10. The van der Waals surface area contributed by atoms with Gasteiger partial charge in [-0.25, -0.2) is 16.8 Å². The minimum Gasteiger partial charge on any atom is -0.314 e. The fourth-order valence-corrected chi connectivity index (χ4v) is 7.06. The molecule has 3 rings (SSSR count). The van der Waals surface area contributed by atoms with Crippen molar-refractivity contribution >= 4 is 43.1 Å². The second kappa shape index (κ2) is 7.99. The van der Waals surface area contributed by atoms with Gasteiger partial charge in [-0.2, -0.15) is 9.57 Å². The van der Waals surface area contributed by atoms with Crippen LogP contribution in [0.25, 0.3) is 0 Å². The molecule has 0 aromatic heterocycles. The fraction of sp³-hybridized carbons (Fsp3) is 0.235. The molecule has 11 heteroatoms. The summed E-state index contributed by atoms with van der Waals surface area (Å²) in [6.45, 7) is 1.29. The summed E-state index contributed by atoms with van der Waals surface area (Å²) >= 11 is 11.8. The third kappa shape index (κ3) is 4.03. The number of benzene rings is 2. The van der Waals surface area contributed by atoms with Crippen molar-refractivity contribution in [3.8, 4) is 6.07 Å². The highest BCUT2D eigenvalue weighted by Crippen LogP contribution is 2.32. The number of nitriles is 1. The normalized spacial score (nSPS) is 15.9. The van der Waals surface area contributed by atoms with E-state index in [2.05, 4.69) is 5.32 Å². The maximum absolute atomic E-state index is 13.2. The van der Waals surface area contributed by atoms with Crippen molar-refractivity contribution in [2.45, 2.75) is 14.7 Å². The Morgan fingerprint density at radius 2 is 1.54 bits per heavy atom. The molecule has 1 aliphatic heterocycles. The molecular formula is C17H15Cl2N3O4S2. The molecule has 2 aromatic rings. The largest absolute Gasteiger partial charge is 0.314 e. The van der Waals surface area contributed by atoms with Crippen LogP contribution in [-0.2, 0) is 19.9 Å². The Hall–Kier alpha value is -1.67. The van der Waals surface area contributed by atoms with Gasteiger partial charge in [-0.1, -0.05) is 23.2 Å². The summed E-state index contributed by atoms with van der Waals surface area (Å²) in [5.74, 6) is 0. The SMILES string of the molecule is N#Cc1ccc(S(=O)(=O)c2cc(Cl)cc(Cl)c2)c(S(=O)(=O)N2CCNCC2)c1. The summed E-state index contributed by atoms with van der Waals surface area (Å²) in [5.41, 5.74) is 0.0387. The Bertz CT molecular complexity index is 1150. The minimum absolute atomic E-state index is 0.0387. The second-order valence-electron chi connectivity index (χ2n) is 6.04. The smallest absolute Gasteiger partial charge is 0.244 e. The van der Waals surface area contributed by atoms with E-state index in [1.807, 2.05) is 6.07 Å². The van der Waals surface area contributed by atoms with E-state index in [9.17, 15) is 16.8 Å². The van der Waals surface area contributed by atoms with Crippen molar-refractivity contribution in [1.82, 2.24) is 9.62 Å². The number of sulfonamides is 1. The zero-order valence-corrected chi connectivity index (χ0v) is 17.5. The van der Waals surface area contributed by atoms with Crippen LogP contribution in [0.1, 0.15) is 5.56 Å². The van der Waals surface area contributed by atoms with Gasteiger partial charge in [-0.15, -0.1) is 0 Å². The van der Waals surface area contributed by atoms with Crippen molar-refractivity contribution in [2.24, 2.45) is 0 Å². The van der Waals surface area contributed by atoms with Gasteiger partial charge in [0.05, 0.1) is 21.4 Å². The lowest BCUT2D eigenvalue weighted by atomic mass is 10.2. The Kier molecular flexibility index (Phi) is 6.00. The topological polar surface area (TPSA) is 107 Å². The van der Waals surface area contributed by atoms with Crippen LogP contribution in [0.2, 0.25) is 10.0 Å². The lowest BCUT2D eigenvalue weighted by Crippen LogP contribution is -2.46. The predicted molar refractivity (Wildman–Crippen MR) is 105 cm³/mol. The molecule has 0 amide bonds. The van der Waals surface area contributed by atoms with Gasteiger partial charge >= 0.3 is 0 Å². The van der Waals surface area contributed by atoms with E-state index in [0.717, 1.165) is 12.1 Å². The highest BCUT2D eigenvalue weighted by Gasteiger charge is 2.33. The van der Waals surface area contributed by atoms with E-state index < -0.39 is 29.7 Å². The second-order valence-corrected chi connectivity index (χ2v) is 10.7. The zero-order chi connectivity index (χ0) is 20.5. The maximum Gasteiger partial charge on any atom is 0.244 e. The Morgan fingerprint density at radius 1 is 0.929 bits per heavy atom. The van der Waals surface area contributed by atoms with Crippen molar-refractivity contribution in [2.75, 3.05) is 26.2 Å². The lowest BCUT2D eigenvalue weighted by molar-refractivity contribution is 0.359. The molecule has 7 nitrogen and oxygen atoms in total. The molecule has 1 saturated heterocycles. The number of halogens is 2. The van der Waals surface area contributed by atoms with Crippen molar-refractivity contribution < 1.29 is 16.8 Å². The molecule has 1 N–H and O–H groups in total. The van der Waals surface area contributed by atoms with Gasteiger partial charge in [0, 0.05) is 36.2 Å². The Morgan fingerprint density at radius 3 is 2.11 bits per heavy atom. The molecule has 0 saturated carbocycles. The quantitative estimate of drug-likeness (QED) is 0.751. The first-order valence-electron chi connectivity index (χ1n) is 8.12. The fourth-order valence-electron chi connectivity index (χ4n) is 2.84. The molecule has 2 aromatic carbocycles. The number of rotatable bonds is 4. The average Bonchev–Trinajstić information content (AvgIpc) is 2.67. The van der Waals surface area contributed by atoms with Gasteiger partial charge < -0.3 is 5.32 Å². The van der Waals surface area contributed by atoms with Crippen LogP contribution in [0.3, 0.4) is 0 Å². The van der Waals surface area contributed by atoms with Gasteiger partial charge in [0.25, 0.3) is 0 Å². The lowest BCUT2D eigenvalue weighted by Gasteiger charge is -2.27. The first kappa shape index (κ1) is 21.0. The molecule has 0 radical (unpaired) electrons. The summed E-state index contributed by atoms with van der Waals surface area (Å²) in [7, 11) is -8.40. The molecule has 148 valence electrons. The third-order valence-electron chi connectivity index (χ3n) is 4.20.